The number of nitrogen functional groups attached to an aromatic ring is 1. The van der Waals surface area contributed by atoms with Crippen LogP contribution >= 0.6 is 0 Å². The average Bonchev–Trinajstić information content (AvgIpc) is 3.34. The first kappa shape index (κ1) is 25.8. The average molecular weight is 468 g/mol. The Kier molecular flexibility index (Phi) is 9.54. The zero-order valence-electron chi connectivity index (χ0n) is 21.1. The molecule has 4 N–H and O–H groups in total. The molecule has 1 aliphatic rings. The van der Waals surface area contributed by atoms with Crippen molar-refractivity contribution in [3.8, 4) is 0 Å². The van der Waals surface area contributed by atoms with Gasteiger partial charge in [-0.05, 0) is 49.8 Å². The van der Waals surface area contributed by atoms with Gasteiger partial charge in [0.1, 0.15) is 5.82 Å². The third-order valence-electron chi connectivity index (χ3n) is 6.77. The highest BCUT2D eigenvalue weighted by atomic mass is 16.4. The van der Waals surface area contributed by atoms with E-state index in [1.54, 1.807) is 0 Å². The van der Waals surface area contributed by atoms with Crippen LogP contribution in [0.3, 0.4) is 0 Å². The van der Waals surface area contributed by atoms with E-state index >= 15 is 0 Å². The van der Waals surface area contributed by atoms with E-state index in [1.807, 2.05) is 13.0 Å². The monoisotopic (exact) mass is 467 g/mol. The van der Waals surface area contributed by atoms with Crippen LogP contribution in [0.5, 0.6) is 0 Å². The van der Waals surface area contributed by atoms with Gasteiger partial charge in [0.2, 0.25) is 5.95 Å². The number of nitrogens with one attached hydrogen (secondary N) is 1. The molecule has 0 bridgehead atoms. The first-order valence-electron chi connectivity index (χ1n) is 12.9. The van der Waals surface area contributed by atoms with Crippen molar-refractivity contribution in [3.63, 3.8) is 0 Å². The number of nitrogens with two attached hydrogens (primary N) is 1. The first-order valence-corrected chi connectivity index (χ1v) is 12.9. The van der Waals surface area contributed by atoms with E-state index in [0.29, 0.717) is 12.8 Å². The van der Waals surface area contributed by atoms with Crippen LogP contribution in [-0.2, 0) is 11.2 Å². The number of anilines is 3. The Morgan fingerprint density at radius 1 is 1.15 bits per heavy atom. The predicted octanol–water partition coefficient (Wildman–Crippen LogP) is 5.52. The second kappa shape index (κ2) is 12.6. The van der Waals surface area contributed by atoms with Gasteiger partial charge in [-0.25, -0.2) is 4.98 Å². The summed E-state index contributed by atoms with van der Waals surface area (Å²) in [7, 11) is 0. The predicted molar refractivity (Wildman–Crippen MR) is 140 cm³/mol. The molecule has 186 valence electrons. The number of hydrogen-bond acceptors (Lipinski definition) is 6. The van der Waals surface area contributed by atoms with Gasteiger partial charge in [-0.3, -0.25) is 4.79 Å². The van der Waals surface area contributed by atoms with Crippen molar-refractivity contribution in [2.75, 3.05) is 35.6 Å². The highest BCUT2D eigenvalue weighted by Gasteiger charge is 2.23. The Balaban J connectivity index is 1.99. The lowest BCUT2D eigenvalue weighted by atomic mass is 9.90. The lowest BCUT2D eigenvalue weighted by molar-refractivity contribution is -0.139. The molecule has 0 spiro atoms. The van der Waals surface area contributed by atoms with Crippen LogP contribution in [0.2, 0.25) is 0 Å². The first-order chi connectivity index (χ1) is 16.4. The van der Waals surface area contributed by atoms with Gasteiger partial charge in [-0.2, -0.15) is 4.98 Å². The molecule has 3 rings (SSSR count). The molecule has 1 aromatic carbocycles. The molecular weight excluding hydrogens is 426 g/mol. The number of hydrogen-bond donors (Lipinski definition) is 3. The van der Waals surface area contributed by atoms with Crippen molar-refractivity contribution in [3.05, 3.63) is 40.6 Å². The van der Waals surface area contributed by atoms with E-state index in [2.05, 4.69) is 46.2 Å². The summed E-state index contributed by atoms with van der Waals surface area (Å²) in [6, 6.07) is 6.25. The molecule has 0 saturated carbocycles. The molecule has 1 saturated heterocycles. The fourth-order valence-electron chi connectivity index (χ4n) is 4.82. The van der Waals surface area contributed by atoms with Gasteiger partial charge >= 0.3 is 5.97 Å². The Hall–Kier alpha value is -2.83. The number of benzene rings is 1. The van der Waals surface area contributed by atoms with E-state index in [4.69, 9.17) is 5.73 Å². The van der Waals surface area contributed by atoms with Crippen molar-refractivity contribution >= 4 is 23.4 Å². The molecular formula is C27H41N5O2. The summed E-state index contributed by atoms with van der Waals surface area (Å²) in [5, 5.41) is 13.4. The minimum absolute atomic E-state index is 0.276. The zero-order chi connectivity index (χ0) is 24.5. The molecule has 2 aromatic rings. The van der Waals surface area contributed by atoms with Crippen LogP contribution in [0.4, 0.5) is 17.5 Å². The minimum atomic E-state index is -0.751. The van der Waals surface area contributed by atoms with Crippen LogP contribution in [0.1, 0.15) is 93.5 Å². The largest absolute Gasteiger partial charge is 0.481 e. The minimum Gasteiger partial charge on any atom is -0.481 e. The van der Waals surface area contributed by atoms with E-state index in [9.17, 15) is 9.90 Å². The van der Waals surface area contributed by atoms with Gasteiger partial charge in [0.25, 0.3) is 0 Å². The maximum absolute atomic E-state index is 12.1. The summed E-state index contributed by atoms with van der Waals surface area (Å²) in [6.07, 6.45) is 8.95. The molecule has 7 nitrogen and oxygen atoms in total. The molecule has 0 aliphatic carbocycles. The fourth-order valence-corrected chi connectivity index (χ4v) is 4.82. The Bertz CT molecular complexity index is 956. The SMILES string of the molecule is CCCCCNc1nc(N)nc(C)c1Cc1cc(C(CCCC)C(=O)O)ccc1N1CCCC1. The number of rotatable bonds is 13. The Morgan fingerprint density at radius 3 is 2.56 bits per heavy atom. The molecule has 1 atom stereocenters. The van der Waals surface area contributed by atoms with E-state index in [1.165, 1.54) is 18.5 Å². The van der Waals surface area contributed by atoms with Crippen molar-refractivity contribution in [2.45, 2.75) is 84.5 Å². The van der Waals surface area contributed by atoms with Gasteiger partial charge in [-0.1, -0.05) is 51.7 Å². The van der Waals surface area contributed by atoms with Crippen molar-refractivity contribution in [2.24, 2.45) is 0 Å². The highest BCUT2D eigenvalue weighted by molar-refractivity contribution is 5.76. The number of unbranched alkanes of at least 4 members (excludes halogenated alkanes) is 3. The molecule has 1 unspecified atom stereocenters. The molecule has 1 aliphatic heterocycles. The summed E-state index contributed by atoms with van der Waals surface area (Å²) < 4.78 is 0. The maximum Gasteiger partial charge on any atom is 0.310 e. The van der Waals surface area contributed by atoms with Crippen LogP contribution in [0, 0.1) is 6.92 Å². The van der Waals surface area contributed by atoms with Gasteiger partial charge in [-0.15, -0.1) is 0 Å². The van der Waals surface area contributed by atoms with Crippen molar-refractivity contribution in [1.82, 2.24) is 9.97 Å². The standard InChI is InChI=1S/C27H41N5O2/c1-4-6-8-14-29-25-23(19(3)30-27(28)31-25)18-21-17-20(22(26(33)34)11-7-5-2)12-13-24(21)32-15-9-10-16-32/h12-13,17,22H,4-11,14-16,18H2,1-3H3,(H,33,34)(H3,28,29,30,31). The molecule has 1 fully saturated rings. The van der Waals surface area contributed by atoms with Crippen LogP contribution in [-0.4, -0.2) is 40.7 Å². The second-order valence-corrected chi connectivity index (χ2v) is 9.42. The van der Waals surface area contributed by atoms with Crippen LogP contribution in [0.25, 0.3) is 0 Å². The van der Waals surface area contributed by atoms with E-state index in [0.717, 1.165) is 79.9 Å². The molecule has 7 heteroatoms. The van der Waals surface area contributed by atoms with Gasteiger partial charge < -0.3 is 21.1 Å². The lowest BCUT2D eigenvalue weighted by Crippen LogP contribution is -2.21. The Morgan fingerprint density at radius 2 is 1.88 bits per heavy atom. The number of aliphatic carboxylic acids is 1. The second-order valence-electron chi connectivity index (χ2n) is 9.42. The summed E-state index contributed by atoms with van der Waals surface area (Å²) in [5.74, 6) is -0.168. The third-order valence-corrected chi connectivity index (χ3v) is 6.77. The number of aryl methyl sites for hydroxylation is 1. The summed E-state index contributed by atoms with van der Waals surface area (Å²) in [4.78, 5) is 23.5. The smallest absolute Gasteiger partial charge is 0.310 e. The summed E-state index contributed by atoms with van der Waals surface area (Å²) in [5.41, 5.74) is 11.1. The number of carboxylic acids is 1. The van der Waals surface area contributed by atoms with Gasteiger partial charge in [0.05, 0.1) is 5.92 Å². The zero-order valence-corrected chi connectivity index (χ0v) is 21.1. The molecule has 0 radical (unpaired) electrons. The number of carbonyl (C=O) groups is 1. The number of nitrogens with zero attached hydrogens (tertiary/aromatic N) is 3. The fraction of sp³-hybridized carbons (Fsp3) is 0.593. The van der Waals surface area contributed by atoms with Gasteiger partial charge in [0, 0.05) is 43.0 Å². The maximum atomic E-state index is 12.1. The normalized spacial score (nSPS) is 14.4. The van der Waals surface area contributed by atoms with Crippen molar-refractivity contribution < 1.29 is 9.90 Å². The molecule has 0 amide bonds. The Labute approximate surface area is 204 Å². The van der Waals surface area contributed by atoms with Gasteiger partial charge in [0.15, 0.2) is 0 Å². The summed E-state index contributed by atoms with van der Waals surface area (Å²) in [6.45, 7) is 9.17. The van der Waals surface area contributed by atoms with E-state index < -0.39 is 11.9 Å². The van der Waals surface area contributed by atoms with Crippen molar-refractivity contribution in [1.29, 1.82) is 0 Å². The van der Waals surface area contributed by atoms with Crippen LogP contribution < -0.4 is 16.0 Å². The number of carboxylic acid groups (broad SMARTS) is 1. The lowest BCUT2D eigenvalue weighted by Gasteiger charge is -2.24. The molecule has 2 heterocycles. The molecule has 1 aromatic heterocycles. The summed E-state index contributed by atoms with van der Waals surface area (Å²) >= 11 is 0. The highest BCUT2D eigenvalue weighted by Crippen LogP contribution is 2.33. The number of aromatic nitrogens is 2. The third kappa shape index (κ3) is 6.61. The topological polar surface area (TPSA) is 104 Å². The van der Waals surface area contributed by atoms with E-state index in [-0.39, 0.29) is 5.95 Å². The molecule has 34 heavy (non-hydrogen) atoms. The quantitative estimate of drug-likeness (QED) is 0.333. The van der Waals surface area contributed by atoms with Crippen LogP contribution in [0.15, 0.2) is 18.2 Å².